The van der Waals surface area contributed by atoms with E-state index in [1.807, 2.05) is 30.5 Å². The summed E-state index contributed by atoms with van der Waals surface area (Å²) in [5, 5.41) is 12.7. The molecular formula is C26H27F3N4O2S. The first kappa shape index (κ1) is 25.8. The summed E-state index contributed by atoms with van der Waals surface area (Å²) < 4.78 is 44.4. The molecule has 0 aliphatic rings. The van der Waals surface area contributed by atoms with Crippen molar-refractivity contribution >= 4 is 28.6 Å². The van der Waals surface area contributed by atoms with Crippen LogP contribution in [0.3, 0.4) is 0 Å². The number of fused-ring (bicyclic) bond motifs is 1. The number of hydrogen-bond acceptors (Lipinski definition) is 5. The summed E-state index contributed by atoms with van der Waals surface area (Å²) in [5.41, 5.74) is 1.66. The highest BCUT2D eigenvalue weighted by atomic mass is 32.2. The van der Waals surface area contributed by atoms with Crippen molar-refractivity contribution in [3.63, 3.8) is 0 Å². The van der Waals surface area contributed by atoms with Crippen LogP contribution in [0.4, 0.5) is 13.2 Å². The second-order valence-corrected chi connectivity index (χ2v) is 10.0. The number of H-pyrrole nitrogens is 1. The molecule has 0 saturated carbocycles. The zero-order chi connectivity index (χ0) is 25.7. The van der Waals surface area contributed by atoms with Crippen molar-refractivity contribution in [2.75, 3.05) is 5.75 Å². The lowest BCUT2D eigenvalue weighted by atomic mass is 10.0. The van der Waals surface area contributed by atoms with E-state index in [2.05, 4.69) is 34.3 Å². The Bertz CT molecular complexity index is 1300. The van der Waals surface area contributed by atoms with Gasteiger partial charge in [0.25, 0.3) is 5.22 Å². The largest absolute Gasteiger partial charge is 0.416 e. The number of nitrogens with one attached hydrogen (secondary N) is 2. The molecule has 1 amide bonds. The maximum absolute atomic E-state index is 12.9. The molecule has 2 aromatic carbocycles. The third kappa shape index (κ3) is 6.69. The van der Waals surface area contributed by atoms with Crippen LogP contribution in [-0.2, 0) is 23.8 Å². The Hall–Kier alpha value is -3.27. The van der Waals surface area contributed by atoms with Crippen LogP contribution in [0.1, 0.15) is 48.9 Å². The van der Waals surface area contributed by atoms with Gasteiger partial charge >= 0.3 is 6.18 Å². The van der Waals surface area contributed by atoms with Crippen LogP contribution >= 0.6 is 11.8 Å². The Labute approximate surface area is 211 Å². The molecular weight excluding hydrogens is 489 g/mol. The second-order valence-electron chi connectivity index (χ2n) is 8.99. The first-order valence-electron chi connectivity index (χ1n) is 11.7. The van der Waals surface area contributed by atoms with E-state index >= 15 is 0 Å². The number of amides is 1. The average Bonchev–Trinajstić information content (AvgIpc) is 3.46. The number of alkyl halides is 3. The molecule has 0 spiro atoms. The number of nitrogens with zero attached hydrogens (tertiary/aromatic N) is 2. The van der Waals surface area contributed by atoms with Crippen LogP contribution in [-0.4, -0.2) is 26.8 Å². The SMILES string of the molecule is CC(C)CCSc1nnc([C@H](Cc2c[nH]c3ccccc23)NC(=O)Cc2ccc(C(F)(F)F)cc2)o1. The standard InChI is InChI=1S/C26H27F3N4O2S/c1-16(2)11-12-36-25-33-32-24(35-25)22(14-18-15-30-21-6-4-3-5-20(18)21)31-23(34)13-17-7-9-19(10-8-17)26(27,28)29/h3-10,15-16,22,30H,11-14H2,1-2H3,(H,31,34)/t22-/m0/s1. The van der Waals surface area contributed by atoms with Gasteiger partial charge in [0.1, 0.15) is 6.04 Å². The molecule has 0 fully saturated rings. The lowest BCUT2D eigenvalue weighted by Crippen LogP contribution is -2.31. The van der Waals surface area contributed by atoms with Gasteiger partial charge in [-0.05, 0) is 41.7 Å². The Balaban J connectivity index is 1.50. The summed E-state index contributed by atoms with van der Waals surface area (Å²) in [4.78, 5) is 16.1. The Kier molecular flexibility index (Phi) is 8.03. The highest BCUT2D eigenvalue weighted by Crippen LogP contribution is 2.30. The number of hydrogen-bond donors (Lipinski definition) is 2. The van der Waals surface area contributed by atoms with Gasteiger partial charge in [-0.25, -0.2) is 0 Å². The quantitative estimate of drug-likeness (QED) is 0.240. The van der Waals surface area contributed by atoms with Crippen LogP contribution < -0.4 is 5.32 Å². The molecule has 0 bridgehead atoms. The molecule has 2 heterocycles. The molecule has 2 aromatic heterocycles. The van der Waals surface area contributed by atoms with Crippen LogP contribution in [0.2, 0.25) is 0 Å². The predicted octanol–water partition coefficient (Wildman–Crippen LogP) is 6.35. The lowest BCUT2D eigenvalue weighted by molar-refractivity contribution is -0.137. The van der Waals surface area contributed by atoms with Crippen molar-refractivity contribution in [3.8, 4) is 0 Å². The summed E-state index contributed by atoms with van der Waals surface area (Å²) >= 11 is 1.47. The van der Waals surface area contributed by atoms with Gasteiger partial charge in [0.05, 0.1) is 12.0 Å². The number of rotatable bonds is 10. The Morgan fingerprint density at radius 3 is 2.58 bits per heavy atom. The van der Waals surface area contributed by atoms with Gasteiger partial charge < -0.3 is 14.7 Å². The van der Waals surface area contributed by atoms with E-state index in [-0.39, 0.29) is 18.2 Å². The van der Waals surface area contributed by atoms with Crippen molar-refractivity contribution < 1.29 is 22.4 Å². The molecule has 10 heteroatoms. The molecule has 36 heavy (non-hydrogen) atoms. The molecule has 0 saturated heterocycles. The first-order chi connectivity index (χ1) is 17.2. The van der Waals surface area contributed by atoms with Crippen molar-refractivity contribution in [2.24, 2.45) is 5.92 Å². The average molecular weight is 517 g/mol. The molecule has 1 atom stereocenters. The monoisotopic (exact) mass is 516 g/mol. The van der Waals surface area contributed by atoms with Crippen molar-refractivity contribution in [3.05, 3.63) is 77.3 Å². The van der Waals surface area contributed by atoms with E-state index in [0.29, 0.717) is 23.1 Å². The molecule has 190 valence electrons. The minimum atomic E-state index is -4.42. The van der Waals surface area contributed by atoms with E-state index in [0.717, 1.165) is 40.8 Å². The van der Waals surface area contributed by atoms with Gasteiger partial charge in [0.2, 0.25) is 11.8 Å². The molecule has 4 aromatic rings. The molecule has 6 nitrogen and oxygen atoms in total. The van der Waals surface area contributed by atoms with Gasteiger partial charge in [0, 0.05) is 29.3 Å². The third-order valence-corrected chi connectivity index (χ3v) is 6.57. The molecule has 0 aliphatic carbocycles. The number of para-hydroxylation sites is 1. The van der Waals surface area contributed by atoms with E-state index in [9.17, 15) is 18.0 Å². The number of thioether (sulfide) groups is 1. The minimum Gasteiger partial charge on any atom is -0.414 e. The summed E-state index contributed by atoms with van der Waals surface area (Å²) in [6.45, 7) is 4.28. The Morgan fingerprint density at radius 2 is 1.86 bits per heavy atom. The van der Waals surface area contributed by atoms with Gasteiger partial charge in [-0.1, -0.05) is 55.9 Å². The fourth-order valence-corrected chi connectivity index (χ4v) is 4.77. The minimum absolute atomic E-state index is 0.0767. The number of aromatic amines is 1. The highest BCUT2D eigenvalue weighted by Gasteiger charge is 2.30. The number of carbonyl (C=O) groups is 1. The van der Waals surface area contributed by atoms with Gasteiger partial charge in [-0.15, -0.1) is 10.2 Å². The van der Waals surface area contributed by atoms with E-state index in [4.69, 9.17) is 4.42 Å². The van der Waals surface area contributed by atoms with E-state index in [1.165, 1.54) is 23.9 Å². The normalized spacial score (nSPS) is 12.8. The van der Waals surface area contributed by atoms with Crippen molar-refractivity contribution in [2.45, 2.75) is 50.6 Å². The second kappa shape index (κ2) is 11.2. The zero-order valence-corrected chi connectivity index (χ0v) is 20.7. The molecule has 0 unspecified atom stereocenters. The summed E-state index contributed by atoms with van der Waals surface area (Å²) in [5.74, 6) is 1.33. The maximum Gasteiger partial charge on any atom is 0.416 e. The zero-order valence-electron chi connectivity index (χ0n) is 19.9. The predicted molar refractivity (Wildman–Crippen MR) is 133 cm³/mol. The summed E-state index contributed by atoms with van der Waals surface area (Å²) in [6, 6.07) is 11.8. The van der Waals surface area contributed by atoms with E-state index in [1.54, 1.807) is 0 Å². The lowest BCUT2D eigenvalue weighted by Gasteiger charge is -2.15. The Morgan fingerprint density at radius 1 is 1.11 bits per heavy atom. The van der Waals surface area contributed by atoms with Gasteiger partial charge in [-0.2, -0.15) is 13.2 Å². The molecule has 4 rings (SSSR count). The van der Waals surface area contributed by atoms with Crippen LogP contribution in [0.25, 0.3) is 10.9 Å². The highest BCUT2D eigenvalue weighted by molar-refractivity contribution is 7.99. The molecule has 0 radical (unpaired) electrons. The summed E-state index contributed by atoms with van der Waals surface area (Å²) in [6.07, 6.45) is -1.21. The van der Waals surface area contributed by atoms with Crippen LogP contribution in [0, 0.1) is 5.92 Å². The fourth-order valence-electron chi connectivity index (χ4n) is 3.76. The summed E-state index contributed by atoms with van der Waals surface area (Å²) in [7, 11) is 0. The van der Waals surface area contributed by atoms with Crippen molar-refractivity contribution in [1.82, 2.24) is 20.5 Å². The van der Waals surface area contributed by atoms with E-state index < -0.39 is 17.8 Å². The smallest absolute Gasteiger partial charge is 0.414 e. The molecule has 2 N–H and O–H groups in total. The number of halogens is 3. The molecule has 0 aliphatic heterocycles. The number of benzene rings is 2. The number of aromatic nitrogens is 3. The number of carbonyl (C=O) groups excluding carboxylic acids is 1. The topological polar surface area (TPSA) is 83.8 Å². The maximum atomic E-state index is 12.9. The first-order valence-corrected chi connectivity index (χ1v) is 12.6. The van der Waals surface area contributed by atoms with Crippen LogP contribution in [0.5, 0.6) is 0 Å². The van der Waals surface area contributed by atoms with Crippen LogP contribution in [0.15, 0.2) is 64.4 Å². The van der Waals surface area contributed by atoms with Gasteiger partial charge in [-0.3, -0.25) is 4.79 Å². The fraction of sp³-hybridized carbons (Fsp3) is 0.346. The van der Waals surface area contributed by atoms with Gasteiger partial charge in [0.15, 0.2) is 0 Å². The third-order valence-electron chi connectivity index (χ3n) is 5.72. The van der Waals surface area contributed by atoms with Crippen molar-refractivity contribution in [1.29, 1.82) is 0 Å².